The SMILES string of the molecule is CC/C=C\C/C=C\C/C=C\CCCCCC(=O)OC(COC(=O)CCCCCCCCCCCCCC)COC(=O)CCCCCCCCCCCCCCCCC/C=C\CCCCCCCCCC. The van der Waals surface area contributed by atoms with E-state index in [1.165, 1.54) is 199 Å². The van der Waals surface area contributed by atoms with Gasteiger partial charge in [0.1, 0.15) is 13.2 Å². The maximum Gasteiger partial charge on any atom is 0.306 e. The summed E-state index contributed by atoms with van der Waals surface area (Å²) in [5.74, 6) is -0.896. The number of carbonyl (C=O) groups excluding carboxylic acids is 3. The maximum absolute atomic E-state index is 12.8. The van der Waals surface area contributed by atoms with Crippen molar-refractivity contribution in [2.45, 2.75) is 329 Å². The highest BCUT2D eigenvalue weighted by molar-refractivity contribution is 5.71. The predicted octanol–water partition coefficient (Wildman–Crippen LogP) is 20.6. The Morgan fingerprint density at radius 3 is 0.900 bits per heavy atom. The van der Waals surface area contributed by atoms with Gasteiger partial charge in [0.05, 0.1) is 0 Å². The highest BCUT2D eigenvalue weighted by Crippen LogP contribution is 2.17. The Kier molecular flexibility index (Phi) is 56.7. The molecule has 408 valence electrons. The van der Waals surface area contributed by atoms with E-state index in [4.69, 9.17) is 14.2 Å². The minimum absolute atomic E-state index is 0.0814. The largest absolute Gasteiger partial charge is 0.462 e. The Morgan fingerprint density at radius 1 is 0.300 bits per heavy atom. The van der Waals surface area contributed by atoms with E-state index in [9.17, 15) is 14.4 Å². The van der Waals surface area contributed by atoms with Crippen molar-refractivity contribution in [1.29, 1.82) is 0 Å². The van der Waals surface area contributed by atoms with E-state index in [0.717, 1.165) is 83.5 Å². The molecular formula is C64H116O6. The van der Waals surface area contributed by atoms with E-state index in [1.807, 2.05) is 0 Å². The van der Waals surface area contributed by atoms with Crippen LogP contribution in [0.1, 0.15) is 323 Å². The van der Waals surface area contributed by atoms with Gasteiger partial charge >= 0.3 is 17.9 Å². The fraction of sp³-hybridized carbons (Fsp3) is 0.828. The third-order valence-electron chi connectivity index (χ3n) is 13.6. The molecule has 0 aliphatic rings. The average molecular weight is 982 g/mol. The average Bonchev–Trinajstić information content (AvgIpc) is 3.36. The lowest BCUT2D eigenvalue weighted by atomic mass is 10.0. The van der Waals surface area contributed by atoms with Crippen molar-refractivity contribution in [1.82, 2.24) is 0 Å². The van der Waals surface area contributed by atoms with Crippen molar-refractivity contribution in [3.63, 3.8) is 0 Å². The first-order chi connectivity index (χ1) is 34.5. The molecule has 0 fully saturated rings. The molecule has 0 rings (SSSR count). The van der Waals surface area contributed by atoms with Gasteiger partial charge in [-0.3, -0.25) is 14.4 Å². The lowest BCUT2D eigenvalue weighted by molar-refractivity contribution is -0.167. The molecule has 0 aromatic heterocycles. The molecule has 0 aliphatic heterocycles. The number of unbranched alkanes of at least 4 members (excludes halogenated alkanes) is 37. The Labute approximate surface area is 435 Å². The van der Waals surface area contributed by atoms with Crippen LogP contribution >= 0.6 is 0 Å². The van der Waals surface area contributed by atoms with Gasteiger partial charge in [0.25, 0.3) is 0 Å². The molecule has 0 N–H and O–H groups in total. The second kappa shape index (κ2) is 58.9. The third kappa shape index (κ3) is 56.3. The Bertz CT molecular complexity index is 1220. The van der Waals surface area contributed by atoms with Gasteiger partial charge in [-0.2, -0.15) is 0 Å². The van der Waals surface area contributed by atoms with Crippen molar-refractivity contribution >= 4 is 17.9 Å². The topological polar surface area (TPSA) is 78.9 Å². The van der Waals surface area contributed by atoms with Crippen LogP contribution in [0.2, 0.25) is 0 Å². The quantitative estimate of drug-likeness (QED) is 0.0261. The second-order valence-electron chi connectivity index (χ2n) is 20.6. The molecule has 0 aliphatic carbocycles. The van der Waals surface area contributed by atoms with Crippen LogP contribution in [0.5, 0.6) is 0 Å². The van der Waals surface area contributed by atoms with E-state index >= 15 is 0 Å². The zero-order chi connectivity index (χ0) is 50.7. The van der Waals surface area contributed by atoms with Gasteiger partial charge in [0.2, 0.25) is 0 Å². The molecule has 0 bridgehead atoms. The molecule has 0 heterocycles. The molecular weight excluding hydrogens is 865 g/mol. The van der Waals surface area contributed by atoms with Crippen molar-refractivity contribution in [2.75, 3.05) is 13.2 Å². The number of hydrogen-bond acceptors (Lipinski definition) is 6. The smallest absolute Gasteiger partial charge is 0.306 e. The molecule has 6 nitrogen and oxygen atoms in total. The summed E-state index contributed by atoms with van der Waals surface area (Å²) in [6.45, 7) is 6.53. The van der Waals surface area contributed by atoms with Crippen LogP contribution in [0.3, 0.4) is 0 Å². The van der Waals surface area contributed by atoms with Gasteiger partial charge in [0.15, 0.2) is 6.10 Å². The number of allylic oxidation sites excluding steroid dienone is 8. The number of hydrogen-bond donors (Lipinski definition) is 0. The van der Waals surface area contributed by atoms with E-state index in [-0.39, 0.29) is 31.1 Å². The van der Waals surface area contributed by atoms with Crippen LogP contribution in [0, 0.1) is 0 Å². The van der Waals surface area contributed by atoms with Crippen molar-refractivity contribution in [3.8, 4) is 0 Å². The summed E-state index contributed by atoms with van der Waals surface area (Å²) in [5.41, 5.74) is 0. The van der Waals surface area contributed by atoms with E-state index in [2.05, 4.69) is 69.4 Å². The van der Waals surface area contributed by atoms with Crippen molar-refractivity contribution in [3.05, 3.63) is 48.6 Å². The summed E-state index contributed by atoms with van der Waals surface area (Å²) in [7, 11) is 0. The minimum Gasteiger partial charge on any atom is -0.462 e. The lowest BCUT2D eigenvalue weighted by Gasteiger charge is -2.18. The number of carbonyl (C=O) groups is 3. The van der Waals surface area contributed by atoms with Gasteiger partial charge < -0.3 is 14.2 Å². The molecule has 0 amide bonds. The standard InChI is InChI=1S/C64H116O6/c1-4-7-10-13-16-19-22-25-26-27-28-29-30-31-32-33-34-35-36-37-38-40-42-45-48-51-54-57-63(66)69-60-61(59-68-62(65)56-53-50-47-44-41-24-21-18-15-12-9-6-3)70-64(67)58-55-52-49-46-43-39-23-20-17-14-11-8-5-2/h8,11,17,20,27-28,39,43,61H,4-7,9-10,12-16,18-19,21-26,29-38,40-42,44-60H2,1-3H3/b11-8-,20-17-,28-27-,43-39-. The van der Waals surface area contributed by atoms with Gasteiger partial charge in [-0.05, 0) is 77.0 Å². The molecule has 0 spiro atoms. The van der Waals surface area contributed by atoms with Crippen LogP contribution in [0.25, 0.3) is 0 Å². The molecule has 0 radical (unpaired) electrons. The van der Waals surface area contributed by atoms with Crippen LogP contribution in [-0.2, 0) is 28.6 Å². The molecule has 1 atom stereocenters. The molecule has 0 saturated carbocycles. The first kappa shape index (κ1) is 67.4. The Morgan fingerprint density at radius 2 is 0.557 bits per heavy atom. The summed E-state index contributed by atoms with van der Waals surface area (Å²) in [6.07, 6.45) is 72.7. The molecule has 0 saturated heterocycles. The number of esters is 3. The van der Waals surface area contributed by atoms with Crippen LogP contribution < -0.4 is 0 Å². The predicted molar refractivity (Wildman–Crippen MR) is 302 cm³/mol. The van der Waals surface area contributed by atoms with Crippen molar-refractivity contribution in [2.24, 2.45) is 0 Å². The highest BCUT2D eigenvalue weighted by Gasteiger charge is 2.19. The fourth-order valence-corrected chi connectivity index (χ4v) is 8.98. The van der Waals surface area contributed by atoms with Gasteiger partial charge in [-0.15, -0.1) is 0 Å². The zero-order valence-corrected chi connectivity index (χ0v) is 46.8. The summed E-state index contributed by atoms with van der Waals surface area (Å²) in [4.78, 5) is 38.1. The molecule has 6 heteroatoms. The van der Waals surface area contributed by atoms with Crippen LogP contribution in [-0.4, -0.2) is 37.2 Å². The van der Waals surface area contributed by atoms with Gasteiger partial charge in [-0.1, -0.05) is 275 Å². The lowest BCUT2D eigenvalue weighted by Crippen LogP contribution is -2.30. The third-order valence-corrected chi connectivity index (χ3v) is 13.6. The summed E-state index contributed by atoms with van der Waals surface area (Å²) < 4.78 is 16.8. The van der Waals surface area contributed by atoms with Crippen LogP contribution in [0.15, 0.2) is 48.6 Å². The normalized spacial score (nSPS) is 12.3. The van der Waals surface area contributed by atoms with Crippen LogP contribution in [0.4, 0.5) is 0 Å². The maximum atomic E-state index is 12.8. The summed E-state index contributed by atoms with van der Waals surface area (Å²) in [5, 5.41) is 0. The fourth-order valence-electron chi connectivity index (χ4n) is 8.98. The van der Waals surface area contributed by atoms with E-state index < -0.39 is 6.10 Å². The van der Waals surface area contributed by atoms with Gasteiger partial charge in [0, 0.05) is 19.3 Å². The Balaban J connectivity index is 4.17. The highest BCUT2D eigenvalue weighted by atomic mass is 16.6. The molecule has 1 unspecified atom stereocenters. The molecule has 0 aromatic rings. The molecule has 0 aromatic carbocycles. The zero-order valence-electron chi connectivity index (χ0n) is 46.8. The van der Waals surface area contributed by atoms with Gasteiger partial charge in [-0.25, -0.2) is 0 Å². The van der Waals surface area contributed by atoms with Crippen molar-refractivity contribution < 1.29 is 28.6 Å². The first-order valence-corrected chi connectivity index (χ1v) is 30.6. The minimum atomic E-state index is -0.785. The molecule has 70 heavy (non-hydrogen) atoms. The first-order valence-electron chi connectivity index (χ1n) is 30.6. The van der Waals surface area contributed by atoms with E-state index in [0.29, 0.717) is 19.3 Å². The second-order valence-corrected chi connectivity index (χ2v) is 20.6. The summed E-state index contributed by atoms with van der Waals surface area (Å²) >= 11 is 0. The number of rotatable bonds is 56. The Hall–Kier alpha value is -2.63. The van der Waals surface area contributed by atoms with E-state index in [1.54, 1.807) is 0 Å². The number of ether oxygens (including phenoxy) is 3. The monoisotopic (exact) mass is 981 g/mol. The summed E-state index contributed by atoms with van der Waals surface area (Å²) in [6, 6.07) is 0.